The number of carbonyl (C=O) groups is 1. The van der Waals surface area contributed by atoms with Crippen LogP contribution in [0.3, 0.4) is 0 Å². The molecule has 11 heteroatoms. The van der Waals surface area contributed by atoms with Gasteiger partial charge in [-0.3, -0.25) is 4.79 Å². The van der Waals surface area contributed by atoms with Gasteiger partial charge in [-0.25, -0.2) is 18.5 Å². The van der Waals surface area contributed by atoms with Gasteiger partial charge < -0.3 is 20.0 Å². The summed E-state index contributed by atoms with van der Waals surface area (Å²) in [5, 5.41) is 18.7. The van der Waals surface area contributed by atoms with Crippen molar-refractivity contribution in [1.29, 1.82) is 5.26 Å². The highest BCUT2D eigenvalue weighted by molar-refractivity contribution is 7.89. The fourth-order valence-electron chi connectivity index (χ4n) is 6.37. The minimum absolute atomic E-state index is 0.0532. The number of aryl methyl sites for hydroxylation is 2. The fraction of sp³-hybridized carbons (Fsp3) is 0.387. The van der Waals surface area contributed by atoms with Gasteiger partial charge in [-0.2, -0.15) is 5.26 Å². The number of primary sulfonamides is 1. The second kappa shape index (κ2) is 12.1. The third kappa shape index (κ3) is 5.70. The van der Waals surface area contributed by atoms with Gasteiger partial charge in [0.25, 0.3) is 15.9 Å². The lowest BCUT2D eigenvalue weighted by molar-refractivity contribution is 0.0745. The maximum atomic E-state index is 14.1. The molecule has 3 aromatic rings. The lowest BCUT2D eigenvalue weighted by atomic mass is 9.92. The Labute approximate surface area is 247 Å². The molecule has 0 bridgehead atoms. The number of hydrogen-bond donors (Lipinski definition) is 2. The Morgan fingerprint density at radius 1 is 1.05 bits per heavy atom. The molecule has 2 aliphatic heterocycles. The number of sulfonamides is 1. The summed E-state index contributed by atoms with van der Waals surface area (Å²) in [4.78, 5) is 24.2. The quantitative estimate of drug-likeness (QED) is 0.448. The summed E-state index contributed by atoms with van der Waals surface area (Å²) in [7, 11) is -3.98. The molecule has 0 aliphatic carbocycles. The molecule has 0 atom stereocenters. The van der Waals surface area contributed by atoms with E-state index < -0.39 is 10.0 Å². The smallest absolute Gasteiger partial charge is 0.257 e. The van der Waals surface area contributed by atoms with E-state index in [4.69, 9.17) is 5.14 Å². The van der Waals surface area contributed by atoms with Crippen molar-refractivity contribution < 1.29 is 13.2 Å². The number of nitrogens with one attached hydrogen (secondary N) is 1. The lowest BCUT2D eigenvalue weighted by Gasteiger charge is -2.40. The predicted octanol–water partition coefficient (Wildman–Crippen LogP) is 3.38. The van der Waals surface area contributed by atoms with Crippen LogP contribution in [0.1, 0.15) is 45.5 Å². The summed E-state index contributed by atoms with van der Waals surface area (Å²) in [6.45, 7) is 9.59. The summed E-state index contributed by atoms with van der Waals surface area (Å²) in [6, 6.07) is 15.7. The van der Waals surface area contributed by atoms with Gasteiger partial charge in [0.1, 0.15) is 6.07 Å². The van der Waals surface area contributed by atoms with Gasteiger partial charge in [0, 0.05) is 49.7 Å². The highest BCUT2D eigenvalue weighted by Crippen LogP contribution is 2.40. The minimum Gasteiger partial charge on any atom is -0.366 e. The summed E-state index contributed by atoms with van der Waals surface area (Å²) >= 11 is 0. The molecular formula is C31H37N7O3S. The first kappa shape index (κ1) is 29.5. The van der Waals surface area contributed by atoms with Crippen molar-refractivity contribution >= 4 is 33.0 Å². The van der Waals surface area contributed by atoms with Crippen molar-refractivity contribution in [1.82, 2.24) is 15.2 Å². The Kier molecular flexibility index (Phi) is 8.50. The molecule has 2 saturated heterocycles. The van der Waals surface area contributed by atoms with E-state index in [2.05, 4.69) is 34.3 Å². The van der Waals surface area contributed by atoms with E-state index in [9.17, 15) is 18.5 Å². The number of piperidine rings is 1. The average molecular weight is 588 g/mol. The van der Waals surface area contributed by atoms with E-state index in [1.54, 1.807) is 12.1 Å². The normalized spacial score (nSPS) is 16.3. The standard InChI is InChI=1S/C31H37N7O3S/c1-21-19-22(2)29(38(25-10-13-34-14-11-25)26-8-5-4-7-24(26)20-32)23(3)28(21)31(39)37-17-15-36(16-18-37)27-9-6-12-35-30(27)42(33,40)41/h4-9,12,19,25,34H,10-11,13-18H2,1-3H3,(H2,33,40,41). The van der Waals surface area contributed by atoms with Crippen LogP contribution in [-0.4, -0.2) is 69.5 Å². The van der Waals surface area contributed by atoms with E-state index in [1.807, 2.05) is 47.9 Å². The number of aromatic nitrogens is 1. The summed E-state index contributed by atoms with van der Waals surface area (Å²) in [5.74, 6) is -0.0532. The zero-order valence-electron chi connectivity index (χ0n) is 24.3. The molecule has 3 N–H and O–H groups in total. The third-order valence-electron chi connectivity index (χ3n) is 8.27. The number of nitriles is 1. The number of benzene rings is 2. The Morgan fingerprint density at radius 3 is 2.40 bits per heavy atom. The number of nitrogens with two attached hydrogens (primary N) is 1. The largest absolute Gasteiger partial charge is 0.366 e. The molecule has 3 heterocycles. The fourth-order valence-corrected chi connectivity index (χ4v) is 7.07. The van der Waals surface area contributed by atoms with Gasteiger partial charge >= 0.3 is 0 Å². The molecule has 1 aromatic heterocycles. The van der Waals surface area contributed by atoms with Crippen LogP contribution >= 0.6 is 0 Å². The zero-order valence-corrected chi connectivity index (χ0v) is 25.1. The van der Waals surface area contributed by atoms with E-state index >= 15 is 0 Å². The zero-order chi connectivity index (χ0) is 30.0. The Balaban J connectivity index is 1.49. The van der Waals surface area contributed by atoms with E-state index in [0.29, 0.717) is 43.0 Å². The number of nitrogens with zero attached hydrogens (tertiary/aromatic N) is 5. The average Bonchev–Trinajstić information content (AvgIpc) is 2.99. The van der Waals surface area contributed by atoms with Crippen molar-refractivity contribution in [2.75, 3.05) is 49.1 Å². The molecule has 0 saturated carbocycles. The van der Waals surface area contributed by atoms with Crippen LogP contribution in [0.4, 0.5) is 17.1 Å². The second-order valence-corrected chi connectivity index (χ2v) is 12.5. The monoisotopic (exact) mass is 587 g/mol. The van der Waals surface area contributed by atoms with Crippen LogP contribution in [0.15, 0.2) is 53.7 Å². The molecule has 2 fully saturated rings. The predicted molar refractivity (Wildman–Crippen MR) is 164 cm³/mol. The highest BCUT2D eigenvalue weighted by atomic mass is 32.2. The molecule has 5 rings (SSSR count). The molecule has 1 amide bonds. The van der Waals surface area contributed by atoms with Gasteiger partial charge in [0.2, 0.25) is 0 Å². The molecule has 2 aliphatic rings. The first-order valence-electron chi connectivity index (χ1n) is 14.2. The van der Waals surface area contributed by atoms with Gasteiger partial charge in [-0.05, 0) is 87.7 Å². The van der Waals surface area contributed by atoms with Crippen LogP contribution in [0.2, 0.25) is 0 Å². The molecule has 220 valence electrons. The first-order chi connectivity index (χ1) is 20.1. The van der Waals surface area contributed by atoms with Gasteiger partial charge in [0.05, 0.1) is 16.9 Å². The van der Waals surface area contributed by atoms with Gasteiger partial charge in [-0.15, -0.1) is 0 Å². The number of hydrogen-bond acceptors (Lipinski definition) is 8. The lowest BCUT2D eigenvalue weighted by Crippen LogP contribution is -2.49. The SMILES string of the molecule is Cc1cc(C)c(N(c2ccccc2C#N)C2CCNCC2)c(C)c1C(=O)N1CCN(c2cccnc2S(N)(=O)=O)CC1. The Hall–Kier alpha value is -3.98. The number of amides is 1. The first-order valence-corrected chi connectivity index (χ1v) is 15.8. The minimum atomic E-state index is -3.98. The number of rotatable bonds is 6. The number of para-hydroxylation sites is 1. The number of pyridine rings is 1. The molecular weight excluding hydrogens is 550 g/mol. The molecule has 0 unspecified atom stereocenters. The van der Waals surface area contributed by atoms with Crippen LogP contribution < -0.4 is 20.3 Å². The van der Waals surface area contributed by atoms with Crippen molar-refractivity contribution in [3.8, 4) is 6.07 Å². The molecule has 2 aromatic carbocycles. The maximum absolute atomic E-state index is 14.1. The Bertz CT molecular complexity index is 1640. The molecule has 10 nitrogen and oxygen atoms in total. The topological polar surface area (TPSA) is 136 Å². The van der Waals surface area contributed by atoms with Crippen molar-refractivity contribution in [2.24, 2.45) is 5.14 Å². The molecule has 42 heavy (non-hydrogen) atoms. The Morgan fingerprint density at radius 2 is 1.74 bits per heavy atom. The van der Waals surface area contributed by atoms with Crippen LogP contribution in [0, 0.1) is 32.1 Å². The number of anilines is 3. The van der Waals surface area contributed by atoms with Crippen LogP contribution in [-0.2, 0) is 10.0 Å². The summed E-state index contributed by atoms with van der Waals surface area (Å²) < 4.78 is 24.2. The summed E-state index contributed by atoms with van der Waals surface area (Å²) in [6.07, 6.45) is 3.25. The van der Waals surface area contributed by atoms with E-state index in [1.165, 1.54) is 6.20 Å². The van der Waals surface area contributed by atoms with E-state index in [-0.39, 0.29) is 17.0 Å². The number of carbonyl (C=O) groups excluding carboxylic acids is 1. The van der Waals surface area contributed by atoms with E-state index in [0.717, 1.165) is 54.0 Å². The van der Waals surface area contributed by atoms with Crippen LogP contribution in [0.25, 0.3) is 0 Å². The van der Waals surface area contributed by atoms with Crippen LogP contribution in [0.5, 0.6) is 0 Å². The maximum Gasteiger partial charge on any atom is 0.257 e. The van der Waals surface area contributed by atoms with Crippen molar-refractivity contribution in [2.45, 2.75) is 44.7 Å². The second-order valence-electron chi connectivity index (χ2n) is 11.0. The molecule has 0 radical (unpaired) electrons. The summed E-state index contributed by atoms with van der Waals surface area (Å²) in [5.41, 5.74) is 6.42. The van der Waals surface area contributed by atoms with Crippen molar-refractivity contribution in [3.05, 3.63) is 76.5 Å². The van der Waals surface area contributed by atoms with Crippen molar-refractivity contribution in [3.63, 3.8) is 0 Å². The highest BCUT2D eigenvalue weighted by Gasteiger charge is 2.32. The number of piperazine rings is 1. The third-order valence-corrected chi connectivity index (χ3v) is 9.13. The van der Waals surface area contributed by atoms with Gasteiger partial charge in [0.15, 0.2) is 5.03 Å². The molecule has 0 spiro atoms. The van der Waals surface area contributed by atoms with Gasteiger partial charge in [-0.1, -0.05) is 18.2 Å².